The second-order valence-electron chi connectivity index (χ2n) is 5.07. The molecule has 0 saturated carbocycles. The van der Waals surface area contributed by atoms with Gasteiger partial charge in [0, 0.05) is 12.2 Å². The Kier molecular flexibility index (Phi) is 3.78. The van der Waals surface area contributed by atoms with E-state index in [1.54, 1.807) is 29.2 Å². The molecule has 0 saturated heterocycles. The number of rotatable bonds is 4. The Morgan fingerprint density at radius 2 is 1.82 bits per heavy atom. The summed E-state index contributed by atoms with van der Waals surface area (Å²) in [5.41, 5.74) is 7.66. The third-order valence-electron chi connectivity index (χ3n) is 3.69. The second-order valence-corrected chi connectivity index (χ2v) is 5.07. The van der Waals surface area contributed by atoms with Crippen LogP contribution in [0.15, 0.2) is 48.5 Å². The van der Waals surface area contributed by atoms with Gasteiger partial charge in [-0.05, 0) is 30.2 Å². The summed E-state index contributed by atoms with van der Waals surface area (Å²) >= 11 is 0. The number of benzene rings is 2. The molecular weight excluding hydrogens is 280 g/mol. The number of carbonyl (C=O) groups is 2. The molecule has 3 rings (SSSR count). The minimum atomic E-state index is -0.574. The van der Waals surface area contributed by atoms with Crippen LogP contribution in [0.25, 0.3) is 0 Å². The van der Waals surface area contributed by atoms with E-state index in [1.165, 1.54) is 0 Å². The predicted octanol–water partition coefficient (Wildman–Crippen LogP) is 1.75. The molecule has 1 aliphatic rings. The van der Waals surface area contributed by atoms with Crippen molar-refractivity contribution in [3.05, 3.63) is 59.7 Å². The van der Waals surface area contributed by atoms with Gasteiger partial charge in [0.2, 0.25) is 0 Å². The van der Waals surface area contributed by atoms with E-state index in [-0.39, 0.29) is 18.1 Å². The number of para-hydroxylation sites is 2. The first-order valence-corrected chi connectivity index (χ1v) is 7.06. The molecular formula is C17H16N2O3. The molecule has 5 nitrogen and oxygen atoms in total. The van der Waals surface area contributed by atoms with Crippen molar-refractivity contribution in [1.82, 2.24) is 0 Å². The first-order valence-electron chi connectivity index (χ1n) is 7.06. The van der Waals surface area contributed by atoms with E-state index in [9.17, 15) is 9.59 Å². The third-order valence-corrected chi connectivity index (χ3v) is 3.69. The Balaban J connectivity index is 1.71. The second kappa shape index (κ2) is 5.89. The maximum Gasteiger partial charge on any atom is 0.264 e. The number of amides is 2. The molecule has 1 aliphatic heterocycles. The predicted molar refractivity (Wildman–Crippen MR) is 83.0 cm³/mol. The van der Waals surface area contributed by atoms with Crippen molar-refractivity contribution in [2.24, 2.45) is 5.73 Å². The molecule has 112 valence electrons. The highest BCUT2D eigenvalue weighted by molar-refractivity contribution is 5.97. The number of nitrogens with two attached hydrogens (primary N) is 1. The van der Waals surface area contributed by atoms with E-state index in [1.807, 2.05) is 24.3 Å². The molecule has 0 fully saturated rings. The quantitative estimate of drug-likeness (QED) is 0.934. The van der Waals surface area contributed by atoms with E-state index < -0.39 is 5.91 Å². The molecule has 0 bridgehead atoms. The Hall–Kier alpha value is -2.82. The highest BCUT2D eigenvalue weighted by Crippen LogP contribution is 2.27. The molecule has 2 aromatic rings. The van der Waals surface area contributed by atoms with E-state index in [0.29, 0.717) is 12.3 Å². The average Bonchev–Trinajstić information content (AvgIpc) is 2.97. The van der Waals surface area contributed by atoms with Crippen LogP contribution in [0.5, 0.6) is 5.75 Å². The molecule has 0 atom stereocenters. The number of ether oxygens (including phenoxy) is 1. The van der Waals surface area contributed by atoms with Gasteiger partial charge in [-0.25, -0.2) is 0 Å². The van der Waals surface area contributed by atoms with Gasteiger partial charge in [0.25, 0.3) is 11.8 Å². The number of primary amides is 1. The SMILES string of the molecule is NC(=O)c1ccccc1OCC(=O)N1CCc2ccccc21. The van der Waals surface area contributed by atoms with Gasteiger partial charge in [-0.2, -0.15) is 0 Å². The van der Waals surface area contributed by atoms with E-state index in [2.05, 4.69) is 0 Å². The summed E-state index contributed by atoms with van der Waals surface area (Å²) in [7, 11) is 0. The number of nitrogens with zero attached hydrogens (tertiary/aromatic N) is 1. The van der Waals surface area contributed by atoms with Gasteiger partial charge in [-0.3, -0.25) is 9.59 Å². The maximum absolute atomic E-state index is 12.3. The summed E-state index contributed by atoms with van der Waals surface area (Å²) < 4.78 is 5.50. The van der Waals surface area contributed by atoms with E-state index in [4.69, 9.17) is 10.5 Å². The Labute approximate surface area is 128 Å². The monoisotopic (exact) mass is 296 g/mol. The molecule has 0 radical (unpaired) electrons. The van der Waals surface area contributed by atoms with Gasteiger partial charge in [0.1, 0.15) is 5.75 Å². The van der Waals surface area contributed by atoms with Crippen molar-refractivity contribution in [2.75, 3.05) is 18.1 Å². The summed E-state index contributed by atoms with van der Waals surface area (Å²) in [6.45, 7) is 0.525. The maximum atomic E-state index is 12.3. The fourth-order valence-corrected chi connectivity index (χ4v) is 2.61. The first kappa shape index (κ1) is 14.1. The van der Waals surface area contributed by atoms with Crippen molar-refractivity contribution in [2.45, 2.75) is 6.42 Å². The van der Waals surface area contributed by atoms with Crippen molar-refractivity contribution >= 4 is 17.5 Å². The minimum Gasteiger partial charge on any atom is -0.483 e. The largest absolute Gasteiger partial charge is 0.483 e. The number of anilines is 1. The summed E-state index contributed by atoms with van der Waals surface area (Å²) in [5, 5.41) is 0. The van der Waals surface area contributed by atoms with Crippen LogP contribution in [-0.2, 0) is 11.2 Å². The van der Waals surface area contributed by atoms with Crippen LogP contribution in [0.2, 0.25) is 0 Å². The smallest absolute Gasteiger partial charge is 0.264 e. The average molecular weight is 296 g/mol. The molecule has 0 aromatic heterocycles. The molecule has 22 heavy (non-hydrogen) atoms. The Bertz CT molecular complexity index is 727. The van der Waals surface area contributed by atoms with Gasteiger partial charge in [-0.15, -0.1) is 0 Å². The minimum absolute atomic E-state index is 0.126. The van der Waals surface area contributed by atoms with E-state index >= 15 is 0 Å². The zero-order valence-electron chi connectivity index (χ0n) is 12.0. The molecule has 2 aromatic carbocycles. The zero-order chi connectivity index (χ0) is 15.5. The number of hydrogen-bond donors (Lipinski definition) is 1. The first-order chi connectivity index (χ1) is 10.7. The standard InChI is InChI=1S/C17H16N2O3/c18-17(21)13-6-2-4-8-15(13)22-11-16(20)19-10-9-12-5-1-3-7-14(12)19/h1-8H,9-11H2,(H2,18,21). The zero-order valence-corrected chi connectivity index (χ0v) is 12.0. The van der Waals surface area contributed by atoms with Gasteiger partial charge in [-0.1, -0.05) is 30.3 Å². The summed E-state index contributed by atoms with van der Waals surface area (Å²) in [6.07, 6.45) is 0.847. The molecule has 1 heterocycles. The van der Waals surface area contributed by atoms with Crippen LogP contribution in [-0.4, -0.2) is 25.0 Å². The summed E-state index contributed by atoms with van der Waals surface area (Å²) in [6, 6.07) is 14.5. The third kappa shape index (κ3) is 2.65. The van der Waals surface area contributed by atoms with Crippen LogP contribution in [0.4, 0.5) is 5.69 Å². The van der Waals surface area contributed by atoms with Gasteiger partial charge >= 0.3 is 0 Å². The van der Waals surface area contributed by atoms with Crippen molar-refractivity contribution in [3.63, 3.8) is 0 Å². The Morgan fingerprint density at radius 3 is 2.64 bits per heavy atom. The highest BCUT2D eigenvalue weighted by Gasteiger charge is 2.24. The van der Waals surface area contributed by atoms with Crippen molar-refractivity contribution in [3.8, 4) is 5.75 Å². The number of fused-ring (bicyclic) bond motifs is 1. The van der Waals surface area contributed by atoms with E-state index in [0.717, 1.165) is 17.7 Å². The lowest BCUT2D eigenvalue weighted by atomic mass is 10.2. The topological polar surface area (TPSA) is 72.6 Å². The van der Waals surface area contributed by atoms with Crippen molar-refractivity contribution in [1.29, 1.82) is 0 Å². The van der Waals surface area contributed by atoms with Crippen LogP contribution >= 0.6 is 0 Å². The molecule has 0 aliphatic carbocycles. The van der Waals surface area contributed by atoms with Crippen LogP contribution in [0.3, 0.4) is 0 Å². The number of hydrogen-bond acceptors (Lipinski definition) is 3. The highest BCUT2D eigenvalue weighted by atomic mass is 16.5. The molecule has 5 heteroatoms. The lowest BCUT2D eigenvalue weighted by Gasteiger charge is -2.18. The van der Waals surface area contributed by atoms with Crippen LogP contribution in [0.1, 0.15) is 15.9 Å². The number of carbonyl (C=O) groups excluding carboxylic acids is 2. The van der Waals surface area contributed by atoms with Crippen LogP contribution < -0.4 is 15.4 Å². The molecule has 2 N–H and O–H groups in total. The lowest BCUT2D eigenvalue weighted by Crippen LogP contribution is -2.33. The van der Waals surface area contributed by atoms with Gasteiger partial charge in [0.05, 0.1) is 5.56 Å². The van der Waals surface area contributed by atoms with Crippen LogP contribution in [0, 0.1) is 0 Å². The lowest BCUT2D eigenvalue weighted by molar-refractivity contribution is -0.120. The van der Waals surface area contributed by atoms with Gasteiger partial charge in [0.15, 0.2) is 6.61 Å². The molecule has 0 spiro atoms. The summed E-state index contributed by atoms with van der Waals surface area (Å²) in [4.78, 5) is 25.4. The fourth-order valence-electron chi connectivity index (χ4n) is 2.61. The summed E-state index contributed by atoms with van der Waals surface area (Å²) in [5.74, 6) is -0.380. The normalized spacial score (nSPS) is 12.8. The molecule has 2 amide bonds. The van der Waals surface area contributed by atoms with Gasteiger partial charge < -0.3 is 15.4 Å². The molecule has 0 unspecified atom stereocenters. The Morgan fingerprint density at radius 1 is 1.09 bits per heavy atom. The van der Waals surface area contributed by atoms with Crippen molar-refractivity contribution < 1.29 is 14.3 Å². The fraction of sp³-hybridized carbons (Fsp3) is 0.176.